The van der Waals surface area contributed by atoms with E-state index in [-0.39, 0.29) is 5.92 Å². The maximum atomic E-state index is 11.7. The van der Waals surface area contributed by atoms with Gasteiger partial charge in [0.25, 0.3) is 0 Å². The Bertz CT molecular complexity index is 699. The summed E-state index contributed by atoms with van der Waals surface area (Å²) >= 11 is 11.9. The zero-order chi connectivity index (χ0) is 15.5. The lowest BCUT2D eigenvalue weighted by Gasteiger charge is -2.15. The van der Waals surface area contributed by atoms with Gasteiger partial charge in [-0.3, -0.25) is 4.79 Å². The van der Waals surface area contributed by atoms with E-state index in [1.165, 1.54) is 5.57 Å². The summed E-state index contributed by atoms with van der Waals surface area (Å²) in [7, 11) is 0. The number of carbonyl (C=O) groups is 1. The summed E-state index contributed by atoms with van der Waals surface area (Å²) in [4.78, 5) is 11.7. The van der Waals surface area contributed by atoms with Crippen molar-refractivity contribution in [3.63, 3.8) is 0 Å². The summed E-state index contributed by atoms with van der Waals surface area (Å²) in [5.74, 6) is 0.630. The second-order valence-electron chi connectivity index (χ2n) is 5.64. The fraction of sp³-hybridized carbons (Fsp3) is 0.211. The van der Waals surface area contributed by atoms with E-state index in [1.807, 2.05) is 48.5 Å². The van der Waals surface area contributed by atoms with Crippen LogP contribution in [-0.4, -0.2) is 5.78 Å². The number of benzene rings is 2. The van der Waals surface area contributed by atoms with E-state index in [9.17, 15) is 4.79 Å². The zero-order valence-corrected chi connectivity index (χ0v) is 13.6. The van der Waals surface area contributed by atoms with Crippen molar-refractivity contribution in [2.45, 2.75) is 19.3 Å². The first-order chi connectivity index (χ1) is 10.6. The average molecular weight is 331 g/mol. The van der Waals surface area contributed by atoms with Crippen molar-refractivity contribution in [1.29, 1.82) is 0 Å². The molecule has 0 aliphatic heterocycles. The molecule has 1 aliphatic rings. The fourth-order valence-electron chi connectivity index (χ4n) is 2.90. The van der Waals surface area contributed by atoms with Crippen LogP contribution >= 0.6 is 23.2 Å². The van der Waals surface area contributed by atoms with Gasteiger partial charge < -0.3 is 0 Å². The number of hydrogen-bond donors (Lipinski definition) is 0. The maximum absolute atomic E-state index is 11.7. The summed E-state index contributed by atoms with van der Waals surface area (Å²) in [6.07, 6.45) is 4.38. The van der Waals surface area contributed by atoms with Crippen LogP contribution < -0.4 is 0 Å². The van der Waals surface area contributed by atoms with Crippen molar-refractivity contribution in [3.8, 4) is 0 Å². The quantitative estimate of drug-likeness (QED) is 0.640. The second-order valence-corrected chi connectivity index (χ2v) is 6.51. The number of Topliss-reactive ketones (excluding diaryl/α,β-unsaturated/α-hetero) is 1. The lowest BCUT2D eigenvalue weighted by atomic mass is 9.89. The predicted molar refractivity (Wildman–Crippen MR) is 93.1 cm³/mol. The summed E-state index contributed by atoms with van der Waals surface area (Å²) in [6, 6.07) is 15.6. The Morgan fingerprint density at radius 2 is 1.55 bits per heavy atom. The zero-order valence-electron chi connectivity index (χ0n) is 12.1. The first-order valence-corrected chi connectivity index (χ1v) is 8.12. The third-order valence-electron chi connectivity index (χ3n) is 4.06. The van der Waals surface area contributed by atoms with Crippen LogP contribution in [0, 0.1) is 5.92 Å². The van der Waals surface area contributed by atoms with Gasteiger partial charge in [0, 0.05) is 22.9 Å². The molecule has 0 aromatic heterocycles. The third-order valence-corrected chi connectivity index (χ3v) is 4.56. The molecule has 0 N–H and O–H groups in total. The number of allylic oxidation sites excluding steroid dienone is 1. The minimum Gasteiger partial charge on any atom is -0.300 e. The lowest BCUT2D eigenvalue weighted by Crippen LogP contribution is -2.00. The summed E-state index contributed by atoms with van der Waals surface area (Å²) < 4.78 is 0. The Hall–Kier alpha value is -1.57. The van der Waals surface area contributed by atoms with Gasteiger partial charge in [-0.05, 0) is 53.3 Å². The smallest absolute Gasteiger partial charge is 0.133 e. The molecule has 0 bridgehead atoms. The van der Waals surface area contributed by atoms with Crippen LogP contribution in [0.15, 0.2) is 48.5 Å². The highest BCUT2D eigenvalue weighted by Gasteiger charge is 2.26. The lowest BCUT2D eigenvalue weighted by molar-refractivity contribution is -0.117. The molecular formula is C19H16Cl2O. The van der Waals surface area contributed by atoms with Gasteiger partial charge in [-0.1, -0.05) is 53.5 Å². The van der Waals surface area contributed by atoms with Crippen molar-refractivity contribution in [2.24, 2.45) is 5.92 Å². The van der Waals surface area contributed by atoms with E-state index in [1.54, 1.807) is 0 Å². The van der Waals surface area contributed by atoms with Crippen LogP contribution in [0.1, 0.15) is 30.4 Å². The molecule has 1 unspecified atom stereocenters. The normalized spacial score (nSPS) is 18.7. The largest absolute Gasteiger partial charge is 0.300 e. The highest BCUT2D eigenvalue weighted by molar-refractivity contribution is 6.30. The van der Waals surface area contributed by atoms with Crippen molar-refractivity contribution in [1.82, 2.24) is 0 Å². The molecule has 1 fully saturated rings. The molecule has 3 heteroatoms. The Kier molecular flexibility index (Phi) is 4.66. The molecular weight excluding hydrogens is 315 g/mol. The van der Waals surface area contributed by atoms with Crippen molar-refractivity contribution in [3.05, 3.63) is 69.7 Å². The van der Waals surface area contributed by atoms with E-state index >= 15 is 0 Å². The highest BCUT2D eigenvalue weighted by atomic mass is 35.5. The molecule has 1 saturated carbocycles. The van der Waals surface area contributed by atoms with Crippen LogP contribution in [-0.2, 0) is 4.79 Å². The van der Waals surface area contributed by atoms with Crippen LogP contribution in [0.3, 0.4) is 0 Å². The average Bonchev–Trinajstić information content (AvgIpc) is 2.94. The van der Waals surface area contributed by atoms with Gasteiger partial charge in [0.15, 0.2) is 0 Å². The van der Waals surface area contributed by atoms with Gasteiger partial charge in [-0.15, -0.1) is 0 Å². The van der Waals surface area contributed by atoms with Crippen molar-refractivity contribution in [2.75, 3.05) is 0 Å². The van der Waals surface area contributed by atoms with Gasteiger partial charge >= 0.3 is 0 Å². The van der Waals surface area contributed by atoms with Crippen molar-refractivity contribution < 1.29 is 4.79 Å². The SMILES string of the molecule is O=C1CCC(/C(=C/c2ccc(Cl)cc2)c2ccc(Cl)cc2)C1. The first kappa shape index (κ1) is 15.3. The third kappa shape index (κ3) is 3.60. The van der Waals surface area contributed by atoms with Gasteiger partial charge in [-0.2, -0.15) is 0 Å². The van der Waals surface area contributed by atoms with Crippen LogP contribution in [0.5, 0.6) is 0 Å². The van der Waals surface area contributed by atoms with E-state index in [0.29, 0.717) is 18.6 Å². The maximum Gasteiger partial charge on any atom is 0.133 e. The Morgan fingerprint density at radius 1 is 0.955 bits per heavy atom. The Labute approximate surface area is 140 Å². The molecule has 1 atom stereocenters. The summed E-state index contributed by atoms with van der Waals surface area (Å²) in [5.41, 5.74) is 3.41. The molecule has 0 saturated heterocycles. The number of hydrogen-bond acceptors (Lipinski definition) is 1. The molecule has 112 valence electrons. The number of halogens is 2. The molecule has 2 aromatic rings. The molecule has 3 rings (SSSR count). The van der Waals surface area contributed by atoms with Gasteiger partial charge in [0.2, 0.25) is 0 Å². The molecule has 2 aromatic carbocycles. The van der Waals surface area contributed by atoms with Crippen LogP contribution in [0.4, 0.5) is 0 Å². The number of ketones is 1. The molecule has 22 heavy (non-hydrogen) atoms. The molecule has 1 aliphatic carbocycles. The minimum atomic E-state index is 0.282. The minimum absolute atomic E-state index is 0.282. The van der Waals surface area contributed by atoms with E-state index in [2.05, 4.69) is 6.08 Å². The summed E-state index contributed by atoms with van der Waals surface area (Å²) in [5, 5.41) is 1.44. The molecule has 1 nitrogen and oxygen atoms in total. The van der Waals surface area contributed by atoms with Crippen molar-refractivity contribution >= 4 is 40.6 Å². The van der Waals surface area contributed by atoms with Gasteiger partial charge in [0.05, 0.1) is 0 Å². The molecule has 0 radical (unpaired) electrons. The topological polar surface area (TPSA) is 17.1 Å². The summed E-state index contributed by atoms with van der Waals surface area (Å²) in [6.45, 7) is 0. The van der Waals surface area contributed by atoms with Gasteiger partial charge in [-0.25, -0.2) is 0 Å². The molecule has 0 spiro atoms. The fourth-order valence-corrected chi connectivity index (χ4v) is 3.15. The second kappa shape index (κ2) is 6.68. The van der Waals surface area contributed by atoms with E-state index in [0.717, 1.165) is 27.6 Å². The first-order valence-electron chi connectivity index (χ1n) is 7.36. The number of carbonyl (C=O) groups excluding carboxylic acids is 1. The standard InChI is InChI=1S/C19H16Cl2O/c20-16-6-1-13(2-7-16)11-19(15-5-10-18(22)12-15)14-3-8-17(21)9-4-14/h1-4,6-9,11,15H,5,10,12H2/b19-11+. The highest BCUT2D eigenvalue weighted by Crippen LogP contribution is 2.36. The number of rotatable bonds is 3. The molecule has 0 heterocycles. The Morgan fingerprint density at radius 3 is 2.09 bits per heavy atom. The van der Waals surface area contributed by atoms with Gasteiger partial charge in [0.1, 0.15) is 5.78 Å². The predicted octanol–water partition coefficient (Wildman–Crippen LogP) is 5.90. The van der Waals surface area contributed by atoms with E-state index < -0.39 is 0 Å². The van der Waals surface area contributed by atoms with E-state index in [4.69, 9.17) is 23.2 Å². The van der Waals surface area contributed by atoms with Crippen LogP contribution in [0.2, 0.25) is 10.0 Å². The Balaban J connectivity index is 2.00. The van der Waals surface area contributed by atoms with Crippen LogP contribution in [0.25, 0.3) is 11.6 Å². The monoisotopic (exact) mass is 330 g/mol. The molecule has 0 amide bonds.